The Balaban J connectivity index is 1.94. The van der Waals surface area contributed by atoms with Crippen molar-refractivity contribution < 1.29 is 14.5 Å². The molecule has 2 aromatic rings. The summed E-state index contributed by atoms with van der Waals surface area (Å²) in [6, 6.07) is 10.5. The third-order valence-corrected chi connectivity index (χ3v) is 3.50. The molecule has 0 bridgehead atoms. The topological polar surface area (TPSA) is 114 Å². The number of benzene rings is 2. The van der Waals surface area contributed by atoms with Crippen molar-refractivity contribution >= 4 is 41.0 Å². The molecule has 25 heavy (non-hydrogen) atoms. The van der Waals surface area contributed by atoms with E-state index in [9.17, 15) is 19.7 Å². The van der Waals surface area contributed by atoms with E-state index in [2.05, 4.69) is 10.4 Å². The average Bonchev–Trinajstić information content (AvgIpc) is 2.58. The second-order valence-electron chi connectivity index (χ2n) is 4.97. The van der Waals surface area contributed by atoms with Crippen LogP contribution in [0.2, 0.25) is 5.02 Å². The number of non-ortho nitro benzene ring substituents is 1. The zero-order chi connectivity index (χ0) is 18.4. The van der Waals surface area contributed by atoms with Gasteiger partial charge in [0.15, 0.2) is 0 Å². The minimum Gasteiger partial charge on any atom is -0.318 e. The molecule has 0 heterocycles. The van der Waals surface area contributed by atoms with Crippen molar-refractivity contribution in [2.75, 3.05) is 5.32 Å². The summed E-state index contributed by atoms with van der Waals surface area (Å²) in [6.45, 7) is 1.81. The number of halogens is 1. The maximum atomic E-state index is 11.8. The number of nitro groups is 1. The second-order valence-corrected chi connectivity index (χ2v) is 5.38. The lowest BCUT2D eigenvalue weighted by atomic mass is 10.2. The van der Waals surface area contributed by atoms with Gasteiger partial charge in [0.25, 0.3) is 5.69 Å². The van der Waals surface area contributed by atoms with Gasteiger partial charge in [0.2, 0.25) is 0 Å². The number of anilines is 1. The number of carbonyl (C=O) groups is 2. The van der Waals surface area contributed by atoms with Crippen LogP contribution in [0.4, 0.5) is 11.4 Å². The van der Waals surface area contributed by atoms with E-state index in [0.29, 0.717) is 16.3 Å². The Morgan fingerprint density at radius 2 is 1.96 bits per heavy atom. The molecule has 9 heteroatoms. The van der Waals surface area contributed by atoms with Gasteiger partial charge < -0.3 is 5.32 Å². The van der Waals surface area contributed by atoms with E-state index in [1.165, 1.54) is 30.5 Å². The number of nitrogens with one attached hydrogen (secondary N) is 2. The predicted octanol–water partition coefficient (Wildman–Crippen LogP) is 2.65. The molecule has 128 valence electrons. The van der Waals surface area contributed by atoms with Crippen LogP contribution in [0.3, 0.4) is 0 Å². The molecule has 0 spiro atoms. The highest BCUT2D eigenvalue weighted by Crippen LogP contribution is 2.19. The Bertz CT molecular complexity index is 867. The van der Waals surface area contributed by atoms with Crippen LogP contribution in [-0.4, -0.2) is 23.0 Å². The van der Waals surface area contributed by atoms with Crippen LogP contribution in [0.15, 0.2) is 47.6 Å². The number of aryl methyl sites for hydroxylation is 1. The molecular formula is C16H13ClN4O4. The molecule has 0 fully saturated rings. The first-order valence-corrected chi connectivity index (χ1v) is 7.39. The number of hydrogen-bond donors (Lipinski definition) is 2. The molecule has 0 unspecified atom stereocenters. The number of carbonyl (C=O) groups excluding carboxylic acids is 2. The SMILES string of the molecule is Cc1ccc(NC(=O)C(=O)NN=Cc2cccc([N+](=O)[O-])c2)cc1Cl. The molecule has 2 aromatic carbocycles. The monoisotopic (exact) mass is 360 g/mol. The van der Waals surface area contributed by atoms with E-state index in [1.54, 1.807) is 18.2 Å². The van der Waals surface area contributed by atoms with Crippen molar-refractivity contribution in [2.45, 2.75) is 6.92 Å². The van der Waals surface area contributed by atoms with E-state index < -0.39 is 16.7 Å². The van der Waals surface area contributed by atoms with Crippen molar-refractivity contribution in [1.29, 1.82) is 0 Å². The van der Waals surface area contributed by atoms with Gasteiger partial charge in [0.05, 0.1) is 11.1 Å². The molecule has 0 saturated carbocycles. The van der Waals surface area contributed by atoms with E-state index in [4.69, 9.17) is 11.6 Å². The highest BCUT2D eigenvalue weighted by atomic mass is 35.5. The van der Waals surface area contributed by atoms with Gasteiger partial charge in [0, 0.05) is 28.4 Å². The summed E-state index contributed by atoms with van der Waals surface area (Å²) in [5.41, 5.74) is 3.55. The Hall–Kier alpha value is -3.26. The van der Waals surface area contributed by atoms with Gasteiger partial charge in [-0.1, -0.05) is 29.8 Å². The lowest BCUT2D eigenvalue weighted by Gasteiger charge is -2.05. The van der Waals surface area contributed by atoms with Gasteiger partial charge in [-0.05, 0) is 24.6 Å². The number of nitrogens with zero attached hydrogens (tertiary/aromatic N) is 2. The quantitative estimate of drug-likeness (QED) is 0.377. The minimum atomic E-state index is -0.988. The largest absolute Gasteiger partial charge is 0.329 e. The van der Waals surface area contributed by atoms with Gasteiger partial charge in [-0.15, -0.1) is 0 Å². The number of nitro benzene ring substituents is 1. The highest BCUT2D eigenvalue weighted by molar-refractivity contribution is 6.39. The zero-order valence-corrected chi connectivity index (χ0v) is 13.8. The molecule has 8 nitrogen and oxygen atoms in total. The average molecular weight is 361 g/mol. The summed E-state index contributed by atoms with van der Waals surface area (Å²) < 4.78 is 0. The highest BCUT2D eigenvalue weighted by Gasteiger charge is 2.13. The minimum absolute atomic E-state index is 0.107. The molecule has 0 radical (unpaired) electrons. The Kier molecular flexibility index (Phi) is 5.80. The van der Waals surface area contributed by atoms with Gasteiger partial charge in [-0.25, -0.2) is 5.43 Å². The third-order valence-electron chi connectivity index (χ3n) is 3.10. The number of rotatable bonds is 4. The molecule has 0 aromatic heterocycles. The van der Waals surface area contributed by atoms with E-state index >= 15 is 0 Å². The first-order valence-electron chi connectivity index (χ1n) is 7.02. The second kappa shape index (κ2) is 8.02. The van der Waals surface area contributed by atoms with Crippen molar-refractivity contribution in [3.05, 3.63) is 68.7 Å². The van der Waals surface area contributed by atoms with Crippen LogP contribution >= 0.6 is 11.6 Å². The number of hydrazone groups is 1. The molecule has 0 aliphatic heterocycles. The predicted molar refractivity (Wildman–Crippen MR) is 93.7 cm³/mol. The summed E-state index contributed by atoms with van der Waals surface area (Å²) in [6.07, 6.45) is 1.20. The number of amides is 2. The summed E-state index contributed by atoms with van der Waals surface area (Å²) in [7, 11) is 0. The standard InChI is InChI=1S/C16H13ClN4O4/c1-10-5-6-12(8-14(10)17)19-15(22)16(23)20-18-9-11-3-2-4-13(7-11)21(24)25/h2-9H,1H3,(H,19,22)(H,20,23). The van der Waals surface area contributed by atoms with Crippen molar-refractivity contribution in [3.8, 4) is 0 Å². The van der Waals surface area contributed by atoms with E-state index in [-0.39, 0.29) is 5.69 Å². The first kappa shape index (κ1) is 18.1. The third kappa shape index (κ3) is 5.11. The lowest BCUT2D eigenvalue weighted by molar-refractivity contribution is -0.384. The summed E-state index contributed by atoms with van der Waals surface area (Å²) >= 11 is 5.94. The lowest BCUT2D eigenvalue weighted by Crippen LogP contribution is -2.32. The molecule has 0 aliphatic rings. The van der Waals surface area contributed by atoms with Crippen LogP contribution in [-0.2, 0) is 9.59 Å². The van der Waals surface area contributed by atoms with E-state index in [0.717, 1.165) is 5.56 Å². The van der Waals surface area contributed by atoms with Crippen LogP contribution in [0.5, 0.6) is 0 Å². The normalized spacial score (nSPS) is 10.5. The molecular weight excluding hydrogens is 348 g/mol. The Morgan fingerprint density at radius 1 is 1.20 bits per heavy atom. The fourth-order valence-corrected chi connectivity index (χ4v) is 1.97. The molecule has 0 atom stereocenters. The van der Waals surface area contributed by atoms with Crippen LogP contribution < -0.4 is 10.7 Å². The Labute approximate surface area is 147 Å². The van der Waals surface area contributed by atoms with E-state index in [1.807, 2.05) is 12.3 Å². The van der Waals surface area contributed by atoms with Crippen LogP contribution in [0.1, 0.15) is 11.1 Å². The summed E-state index contributed by atoms with van der Waals surface area (Å²) in [5, 5.41) is 17.1. The maximum absolute atomic E-state index is 11.8. The maximum Gasteiger partial charge on any atom is 0.329 e. The smallest absolute Gasteiger partial charge is 0.318 e. The molecule has 0 aliphatic carbocycles. The molecule has 2 amide bonds. The fourth-order valence-electron chi connectivity index (χ4n) is 1.79. The van der Waals surface area contributed by atoms with Crippen molar-refractivity contribution in [2.24, 2.45) is 5.10 Å². The Morgan fingerprint density at radius 3 is 2.64 bits per heavy atom. The van der Waals surface area contributed by atoms with Gasteiger partial charge in [0.1, 0.15) is 0 Å². The van der Waals surface area contributed by atoms with Crippen molar-refractivity contribution in [1.82, 2.24) is 5.43 Å². The van der Waals surface area contributed by atoms with Crippen LogP contribution in [0.25, 0.3) is 0 Å². The van der Waals surface area contributed by atoms with Crippen molar-refractivity contribution in [3.63, 3.8) is 0 Å². The molecule has 2 rings (SSSR count). The van der Waals surface area contributed by atoms with Gasteiger partial charge >= 0.3 is 11.8 Å². The summed E-state index contributed by atoms with van der Waals surface area (Å²) in [5.74, 6) is -1.91. The molecule has 2 N–H and O–H groups in total. The van der Waals surface area contributed by atoms with Gasteiger partial charge in [-0.2, -0.15) is 5.10 Å². The summed E-state index contributed by atoms with van der Waals surface area (Å²) in [4.78, 5) is 33.6. The fraction of sp³-hybridized carbons (Fsp3) is 0.0625. The first-order chi connectivity index (χ1) is 11.9. The zero-order valence-electron chi connectivity index (χ0n) is 13.0. The van der Waals surface area contributed by atoms with Crippen LogP contribution in [0, 0.1) is 17.0 Å². The molecule has 0 saturated heterocycles. The number of hydrogen-bond acceptors (Lipinski definition) is 5. The van der Waals surface area contributed by atoms with Gasteiger partial charge in [-0.3, -0.25) is 19.7 Å².